The third-order valence-electron chi connectivity index (χ3n) is 2.83. The van der Waals surface area contributed by atoms with Crippen LogP contribution in [0.4, 0.5) is 0 Å². The van der Waals surface area contributed by atoms with Crippen molar-refractivity contribution in [1.82, 2.24) is 9.80 Å². The molecule has 0 aromatic heterocycles. The van der Waals surface area contributed by atoms with Crippen LogP contribution in [0.25, 0.3) is 0 Å². The zero-order chi connectivity index (χ0) is 10.4. The minimum Gasteiger partial charge on any atom is -0.395 e. The first-order chi connectivity index (χ1) is 6.76. The monoisotopic (exact) mass is 198 g/mol. The molecule has 1 aliphatic rings. The van der Waals surface area contributed by atoms with E-state index in [1.54, 1.807) is 0 Å². The summed E-state index contributed by atoms with van der Waals surface area (Å²) in [7, 11) is 0. The summed E-state index contributed by atoms with van der Waals surface area (Å²) in [6.45, 7) is 12.7. The molecule has 1 heterocycles. The van der Waals surface area contributed by atoms with Crippen molar-refractivity contribution < 1.29 is 5.11 Å². The van der Waals surface area contributed by atoms with E-state index < -0.39 is 0 Å². The largest absolute Gasteiger partial charge is 0.395 e. The number of hydrogen-bond donors (Lipinski definition) is 1. The average Bonchev–Trinajstić information content (AvgIpc) is 2.21. The molecule has 0 saturated carbocycles. The van der Waals surface area contributed by atoms with E-state index >= 15 is 0 Å². The van der Waals surface area contributed by atoms with Gasteiger partial charge in [0.1, 0.15) is 0 Å². The zero-order valence-electron chi connectivity index (χ0n) is 9.21. The lowest BCUT2D eigenvalue weighted by atomic mass is 10.2. The van der Waals surface area contributed by atoms with Crippen LogP contribution in [0.5, 0.6) is 0 Å². The van der Waals surface area contributed by atoms with Crippen LogP contribution in [-0.4, -0.2) is 60.8 Å². The summed E-state index contributed by atoms with van der Waals surface area (Å²) >= 11 is 0. The van der Waals surface area contributed by atoms with E-state index in [0.717, 1.165) is 45.7 Å². The normalized spacial score (nSPS) is 19.9. The summed E-state index contributed by atoms with van der Waals surface area (Å²) < 4.78 is 0. The third-order valence-corrected chi connectivity index (χ3v) is 2.83. The first-order valence-corrected chi connectivity index (χ1v) is 5.48. The molecule has 0 atom stereocenters. The van der Waals surface area contributed by atoms with Crippen molar-refractivity contribution >= 4 is 0 Å². The van der Waals surface area contributed by atoms with Crippen LogP contribution < -0.4 is 0 Å². The Balaban J connectivity index is 2.18. The highest BCUT2D eigenvalue weighted by Gasteiger charge is 2.15. The Morgan fingerprint density at radius 1 is 1.21 bits per heavy atom. The molecular formula is C11H22N2O. The molecule has 1 N–H and O–H groups in total. The van der Waals surface area contributed by atoms with E-state index in [0.29, 0.717) is 0 Å². The number of aliphatic hydroxyl groups excluding tert-OH is 1. The van der Waals surface area contributed by atoms with Gasteiger partial charge in [0, 0.05) is 39.3 Å². The van der Waals surface area contributed by atoms with Gasteiger partial charge < -0.3 is 5.11 Å². The summed E-state index contributed by atoms with van der Waals surface area (Å²) in [6, 6.07) is 0. The Labute approximate surface area is 87.0 Å². The Morgan fingerprint density at radius 2 is 1.79 bits per heavy atom. The zero-order valence-corrected chi connectivity index (χ0v) is 9.21. The number of aliphatic hydroxyl groups is 1. The number of hydrogen-bond acceptors (Lipinski definition) is 3. The first-order valence-electron chi connectivity index (χ1n) is 5.48. The van der Waals surface area contributed by atoms with Crippen molar-refractivity contribution in [2.24, 2.45) is 0 Å². The lowest BCUT2D eigenvalue weighted by molar-refractivity contribution is 0.118. The fourth-order valence-corrected chi connectivity index (χ4v) is 1.74. The van der Waals surface area contributed by atoms with Gasteiger partial charge in [-0.2, -0.15) is 0 Å². The quantitative estimate of drug-likeness (QED) is 0.654. The molecule has 1 fully saturated rings. The Kier molecular flexibility index (Phi) is 5.15. The van der Waals surface area contributed by atoms with Gasteiger partial charge in [-0.3, -0.25) is 9.80 Å². The van der Waals surface area contributed by atoms with E-state index in [4.69, 9.17) is 5.11 Å². The average molecular weight is 198 g/mol. The maximum absolute atomic E-state index is 8.80. The van der Waals surface area contributed by atoms with E-state index in [9.17, 15) is 0 Å². The fraction of sp³-hybridized carbons (Fsp3) is 0.818. The molecule has 14 heavy (non-hydrogen) atoms. The minimum atomic E-state index is 0.279. The van der Waals surface area contributed by atoms with Crippen LogP contribution in [0.3, 0.4) is 0 Å². The number of rotatable bonds is 5. The smallest absolute Gasteiger partial charge is 0.0558 e. The predicted molar refractivity (Wildman–Crippen MR) is 59.4 cm³/mol. The fourth-order valence-electron chi connectivity index (χ4n) is 1.74. The molecule has 0 aromatic rings. The van der Waals surface area contributed by atoms with Gasteiger partial charge in [-0.1, -0.05) is 19.1 Å². The van der Waals surface area contributed by atoms with Crippen LogP contribution in [0.1, 0.15) is 13.3 Å². The van der Waals surface area contributed by atoms with Gasteiger partial charge in [-0.15, -0.1) is 0 Å². The Morgan fingerprint density at radius 3 is 2.29 bits per heavy atom. The topological polar surface area (TPSA) is 26.7 Å². The van der Waals surface area contributed by atoms with Crippen molar-refractivity contribution in [3.05, 3.63) is 12.2 Å². The highest BCUT2D eigenvalue weighted by Crippen LogP contribution is 2.05. The van der Waals surface area contributed by atoms with Crippen molar-refractivity contribution in [2.75, 3.05) is 45.9 Å². The van der Waals surface area contributed by atoms with Crippen LogP contribution >= 0.6 is 0 Å². The summed E-state index contributed by atoms with van der Waals surface area (Å²) in [4.78, 5) is 4.75. The molecule has 0 spiro atoms. The highest BCUT2D eigenvalue weighted by molar-refractivity contribution is 4.96. The Bertz CT molecular complexity index is 174. The van der Waals surface area contributed by atoms with Crippen LogP contribution in [0, 0.1) is 0 Å². The first kappa shape index (κ1) is 11.7. The standard InChI is InChI=1S/C11H22N2O/c1-3-11(2)10-13-6-4-12(5-7-13)8-9-14/h14H,2-10H2,1H3. The molecule has 0 aliphatic carbocycles. The van der Waals surface area contributed by atoms with E-state index in [2.05, 4.69) is 23.3 Å². The van der Waals surface area contributed by atoms with E-state index in [1.165, 1.54) is 5.57 Å². The minimum absolute atomic E-state index is 0.279. The van der Waals surface area contributed by atoms with Crippen LogP contribution in [-0.2, 0) is 0 Å². The summed E-state index contributed by atoms with van der Waals surface area (Å²) in [6.07, 6.45) is 1.08. The van der Waals surface area contributed by atoms with Gasteiger partial charge in [0.15, 0.2) is 0 Å². The molecule has 1 rings (SSSR count). The highest BCUT2D eigenvalue weighted by atomic mass is 16.3. The van der Waals surface area contributed by atoms with Gasteiger partial charge in [0.25, 0.3) is 0 Å². The maximum Gasteiger partial charge on any atom is 0.0558 e. The molecule has 0 amide bonds. The second-order valence-corrected chi connectivity index (χ2v) is 3.94. The van der Waals surface area contributed by atoms with E-state index in [-0.39, 0.29) is 6.61 Å². The molecule has 1 aliphatic heterocycles. The summed E-state index contributed by atoms with van der Waals surface area (Å²) in [5.41, 5.74) is 1.32. The summed E-state index contributed by atoms with van der Waals surface area (Å²) in [5.74, 6) is 0. The number of β-amino-alcohol motifs (C(OH)–C–C–N with tert-alkyl or cyclic N) is 1. The molecule has 0 radical (unpaired) electrons. The van der Waals surface area contributed by atoms with Gasteiger partial charge >= 0.3 is 0 Å². The molecule has 3 heteroatoms. The SMILES string of the molecule is C=C(CC)CN1CCN(CCO)CC1. The Hall–Kier alpha value is -0.380. The van der Waals surface area contributed by atoms with Crippen molar-refractivity contribution in [3.63, 3.8) is 0 Å². The van der Waals surface area contributed by atoms with Crippen LogP contribution in [0.2, 0.25) is 0 Å². The molecule has 82 valence electrons. The van der Waals surface area contributed by atoms with Gasteiger partial charge in [-0.05, 0) is 6.42 Å². The van der Waals surface area contributed by atoms with Crippen molar-refractivity contribution in [3.8, 4) is 0 Å². The van der Waals surface area contributed by atoms with Crippen LogP contribution in [0.15, 0.2) is 12.2 Å². The number of piperazine rings is 1. The third kappa shape index (κ3) is 3.78. The molecule has 0 unspecified atom stereocenters. The molecule has 0 bridgehead atoms. The second-order valence-electron chi connectivity index (χ2n) is 3.94. The molecule has 1 saturated heterocycles. The van der Waals surface area contributed by atoms with Gasteiger partial charge in [0.05, 0.1) is 6.61 Å². The molecule has 0 aromatic carbocycles. The van der Waals surface area contributed by atoms with E-state index in [1.807, 2.05) is 0 Å². The second kappa shape index (κ2) is 6.17. The lowest BCUT2D eigenvalue weighted by Gasteiger charge is -2.34. The molecular weight excluding hydrogens is 176 g/mol. The predicted octanol–water partition coefficient (Wildman–Crippen LogP) is 0.562. The lowest BCUT2D eigenvalue weighted by Crippen LogP contribution is -2.47. The van der Waals surface area contributed by atoms with Gasteiger partial charge in [0.2, 0.25) is 0 Å². The number of nitrogens with zero attached hydrogens (tertiary/aromatic N) is 2. The van der Waals surface area contributed by atoms with Crippen molar-refractivity contribution in [1.29, 1.82) is 0 Å². The van der Waals surface area contributed by atoms with Crippen molar-refractivity contribution in [2.45, 2.75) is 13.3 Å². The maximum atomic E-state index is 8.80. The van der Waals surface area contributed by atoms with Gasteiger partial charge in [-0.25, -0.2) is 0 Å². The molecule has 3 nitrogen and oxygen atoms in total. The summed E-state index contributed by atoms with van der Waals surface area (Å²) in [5, 5.41) is 8.80.